The zero-order valence-electron chi connectivity index (χ0n) is 14.8. The third-order valence-electron chi connectivity index (χ3n) is 7.43. The van der Waals surface area contributed by atoms with Crippen molar-refractivity contribution in [3.8, 4) is 0 Å². The Bertz CT molecular complexity index is 306. The maximum atomic E-state index is 6.51. The molecule has 0 aliphatic heterocycles. The van der Waals surface area contributed by atoms with Crippen molar-refractivity contribution in [1.29, 1.82) is 0 Å². The lowest BCUT2D eigenvalue weighted by molar-refractivity contribution is -0.151. The summed E-state index contributed by atoms with van der Waals surface area (Å²) in [6, 6.07) is 0.352. The third kappa shape index (κ3) is 2.48. The fourth-order valence-electron chi connectivity index (χ4n) is 4.36. The van der Waals surface area contributed by atoms with E-state index < -0.39 is 0 Å². The fraction of sp³-hybridized carbons (Fsp3) is 1.00. The molecule has 0 aromatic rings. The average Bonchev–Trinajstić information content (AvgIpc) is 2.34. The van der Waals surface area contributed by atoms with Crippen LogP contribution in [0.4, 0.5) is 0 Å². The zero-order valence-corrected chi connectivity index (χ0v) is 14.8. The van der Waals surface area contributed by atoms with E-state index in [1.54, 1.807) is 0 Å². The molecule has 0 bridgehead atoms. The minimum absolute atomic E-state index is 0.273. The molecule has 0 aromatic carbocycles. The van der Waals surface area contributed by atoms with Gasteiger partial charge in [0.15, 0.2) is 0 Å². The van der Waals surface area contributed by atoms with Crippen molar-refractivity contribution >= 4 is 0 Å². The third-order valence-corrected chi connectivity index (χ3v) is 7.43. The minimum Gasteiger partial charge on any atom is -0.327 e. The van der Waals surface area contributed by atoms with E-state index in [1.165, 1.54) is 12.8 Å². The molecule has 19 heavy (non-hydrogen) atoms. The van der Waals surface area contributed by atoms with E-state index in [9.17, 15) is 0 Å². The monoisotopic (exact) mass is 267 g/mol. The molecule has 2 N–H and O–H groups in total. The van der Waals surface area contributed by atoms with Crippen molar-refractivity contribution in [2.24, 2.45) is 39.7 Å². The fourth-order valence-corrected chi connectivity index (χ4v) is 4.36. The molecule has 0 aromatic heterocycles. The number of rotatable bonds is 5. The normalized spacial score (nSPS) is 37.9. The number of hydrogen-bond donors (Lipinski definition) is 1. The van der Waals surface area contributed by atoms with E-state index in [4.69, 9.17) is 5.73 Å². The van der Waals surface area contributed by atoms with Crippen LogP contribution < -0.4 is 5.73 Å². The van der Waals surface area contributed by atoms with Gasteiger partial charge in [0.1, 0.15) is 0 Å². The van der Waals surface area contributed by atoms with Crippen LogP contribution in [-0.4, -0.2) is 6.04 Å². The van der Waals surface area contributed by atoms with Gasteiger partial charge in [0, 0.05) is 6.04 Å². The van der Waals surface area contributed by atoms with Crippen LogP contribution in [0.3, 0.4) is 0 Å². The Hall–Kier alpha value is -0.0400. The van der Waals surface area contributed by atoms with E-state index in [1.807, 2.05) is 0 Å². The molecule has 0 amide bonds. The van der Waals surface area contributed by atoms with Gasteiger partial charge in [-0.15, -0.1) is 0 Å². The van der Waals surface area contributed by atoms with Crippen LogP contribution in [0.15, 0.2) is 0 Å². The largest absolute Gasteiger partial charge is 0.327 e. The lowest BCUT2D eigenvalue weighted by atomic mass is 9.41. The van der Waals surface area contributed by atoms with E-state index in [-0.39, 0.29) is 5.41 Å². The Morgan fingerprint density at radius 1 is 1.16 bits per heavy atom. The van der Waals surface area contributed by atoms with E-state index in [2.05, 4.69) is 62.3 Å². The molecule has 1 heteroatoms. The van der Waals surface area contributed by atoms with Crippen LogP contribution in [0.5, 0.6) is 0 Å². The number of hydrogen-bond acceptors (Lipinski definition) is 1. The maximum Gasteiger partial charge on any atom is 0.0129 e. The summed E-state index contributed by atoms with van der Waals surface area (Å²) in [6.45, 7) is 21.6. The van der Waals surface area contributed by atoms with Gasteiger partial charge < -0.3 is 5.73 Å². The van der Waals surface area contributed by atoms with Crippen LogP contribution in [0.25, 0.3) is 0 Å². The van der Waals surface area contributed by atoms with Crippen LogP contribution in [-0.2, 0) is 0 Å². The first kappa shape index (κ1) is 17.0. The molecule has 0 saturated heterocycles. The van der Waals surface area contributed by atoms with Crippen molar-refractivity contribution in [2.75, 3.05) is 0 Å². The molecular formula is C18H37N. The van der Waals surface area contributed by atoms with E-state index in [0.29, 0.717) is 28.7 Å². The highest BCUT2D eigenvalue weighted by Gasteiger charge is 2.61. The molecule has 5 atom stereocenters. The lowest BCUT2D eigenvalue weighted by Gasteiger charge is -2.66. The van der Waals surface area contributed by atoms with Gasteiger partial charge in [-0.3, -0.25) is 0 Å². The Balaban J connectivity index is 2.92. The quantitative estimate of drug-likeness (QED) is 0.737. The van der Waals surface area contributed by atoms with Gasteiger partial charge in [-0.2, -0.15) is 0 Å². The van der Waals surface area contributed by atoms with Gasteiger partial charge in [0.25, 0.3) is 0 Å². The standard InChI is InChI=1S/C18H37N/c1-10-16(5,6)11-12(2)17(7,8)18(9)14(4)13(3)15(18)19/h12-15H,10-11,19H2,1-9H3/t12?,13-,14+,15-,18-/m0/s1. The second kappa shape index (κ2) is 5.06. The summed E-state index contributed by atoms with van der Waals surface area (Å²) in [5.41, 5.74) is 7.52. The van der Waals surface area contributed by atoms with Crippen molar-refractivity contribution in [1.82, 2.24) is 0 Å². The predicted octanol–water partition coefficient (Wildman–Crippen LogP) is 5.09. The van der Waals surface area contributed by atoms with Gasteiger partial charge >= 0.3 is 0 Å². The Morgan fingerprint density at radius 3 is 2.00 bits per heavy atom. The molecule has 0 heterocycles. The average molecular weight is 268 g/mol. The number of nitrogens with two attached hydrogens (primary N) is 1. The highest BCUT2D eigenvalue weighted by Crippen LogP contribution is 2.62. The second-order valence-electron chi connectivity index (χ2n) is 8.80. The Labute approximate surface area is 121 Å². The first-order valence-corrected chi connectivity index (χ1v) is 8.17. The van der Waals surface area contributed by atoms with Crippen molar-refractivity contribution < 1.29 is 0 Å². The summed E-state index contributed by atoms with van der Waals surface area (Å²) in [6.07, 6.45) is 2.54. The molecule has 1 unspecified atom stereocenters. The van der Waals surface area contributed by atoms with Crippen molar-refractivity contribution in [3.05, 3.63) is 0 Å². The maximum absolute atomic E-state index is 6.51. The molecular weight excluding hydrogens is 230 g/mol. The van der Waals surface area contributed by atoms with Gasteiger partial charge in [-0.1, -0.05) is 68.7 Å². The van der Waals surface area contributed by atoms with E-state index >= 15 is 0 Å². The molecule has 0 spiro atoms. The summed E-state index contributed by atoms with van der Waals surface area (Å²) in [4.78, 5) is 0. The minimum atomic E-state index is 0.273. The molecule has 1 saturated carbocycles. The van der Waals surface area contributed by atoms with Crippen molar-refractivity contribution in [3.63, 3.8) is 0 Å². The lowest BCUT2D eigenvalue weighted by Crippen LogP contribution is -2.68. The first-order chi connectivity index (χ1) is 8.41. The van der Waals surface area contributed by atoms with Gasteiger partial charge in [0.05, 0.1) is 0 Å². The first-order valence-electron chi connectivity index (χ1n) is 8.17. The van der Waals surface area contributed by atoms with Gasteiger partial charge in [0.2, 0.25) is 0 Å². The summed E-state index contributed by atoms with van der Waals surface area (Å²) in [5, 5.41) is 0. The summed E-state index contributed by atoms with van der Waals surface area (Å²) in [7, 11) is 0. The topological polar surface area (TPSA) is 26.0 Å². The summed E-state index contributed by atoms with van der Waals surface area (Å²) < 4.78 is 0. The molecule has 1 rings (SSSR count). The van der Waals surface area contributed by atoms with Crippen LogP contribution in [0.1, 0.15) is 75.2 Å². The highest BCUT2D eigenvalue weighted by molar-refractivity contribution is 5.12. The molecule has 1 aliphatic carbocycles. The Kier molecular flexibility index (Phi) is 4.53. The van der Waals surface area contributed by atoms with E-state index in [0.717, 1.165) is 5.92 Å². The zero-order chi connectivity index (χ0) is 15.2. The summed E-state index contributed by atoms with van der Waals surface area (Å²) >= 11 is 0. The van der Waals surface area contributed by atoms with Gasteiger partial charge in [-0.05, 0) is 40.4 Å². The molecule has 1 fully saturated rings. The molecule has 0 radical (unpaired) electrons. The highest BCUT2D eigenvalue weighted by atomic mass is 14.8. The smallest absolute Gasteiger partial charge is 0.0129 e. The summed E-state index contributed by atoms with van der Waals surface area (Å²) in [5.74, 6) is 2.09. The molecule has 1 aliphatic rings. The Morgan fingerprint density at radius 2 is 1.63 bits per heavy atom. The van der Waals surface area contributed by atoms with Crippen molar-refractivity contribution in [2.45, 2.75) is 81.2 Å². The van der Waals surface area contributed by atoms with Crippen LogP contribution in [0.2, 0.25) is 0 Å². The SMILES string of the molecule is CCC(C)(C)CC(C)C(C)(C)[C@@]1(C)[C@H](C)[C@H](C)[C@@H]1N. The van der Waals surface area contributed by atoms with Crippen LogP contribution in [0, 0.1) is 34.0 Å². The van der Waals surface area contributed by atoms with Crippen LogP contribution >= 0.6 is 0 Å². The predicted molar refractivity (Wildman–Crippen MR) is 86.0 cm³/mol. The second-order valence-corrected chi connectivity index (χ2v) is 8.80. The molecule has 114 valence electrons. The molecule has 1 nitrogen and oxygen atoms in total. The van der Waals surface area contributed by atoms with Gasteiger partial charge in [-0.25, -0.2) is 0 Å².